The normalized spacial score (nSPS) is 19.0. The van der Waals surface area contributed by atoms with E-state index < -0.39 is 0 Å². The van der Waals surface area contributed by atoms with Gasteiger partial charge in [-0.1, -0.05) is 18.2 Å². The van der Waals surface area contributed by atoms with Crippen LogP contribution >= 0.6 is 12.4 Å². The number of amides is 1. The first kappa shape index (κ1) is 17.5. The molecule has 0 saturated carbocycles. The molecule has 2 atom stereocenters. The van der Waals surface area contributed by atoms with Crippen LogP contribution in [-0.4, -0.2) is 39.7 Å². The van der Waals surface area contributed by atoms with Crippen molar-refractivity contribution in [3.05, 3.63) is 48.3 Å². The molecule has 2 unspecified atom stereocenters. The molecular formula is C17H23ClN4O. The standard InChI is InChI=1S/C17H22N4O.ClH/c1-13(18)14-6-5-9-20(11-14)17(22)15-10-19-21(12-15)16-7-3-2-4-8-16;/h2-4,7-8,10,12-14H,5-6,9,11,18H2,1H3;1H. The van der Waals surface area contributed by atoms with Crippen LogP contribution in [0.2, 0.25) is 0 Å². The predicted molar refractivity (Wildman–Crippen MR) is 93.1 cm³/mol. The number of nitrogens with two attached hydrogens (primary N) is 1. The van der Waals surface area contributed by atoms with Gasteiger partial charge >= 0.3 is 0 Å². The molecule has 2 N–H and O–H groups in total. The Labute approximate surface area is 142 Å². The van der Waals surface area contributed by atoms with Crippen LogP contribution in [0.4, 0.5) is 0 Å². The van der Waals surface area contributed by atoms with E-state index in [0.717, 1.165) is 31.6 Å². The van der Waals surface area contributed by atoms with Crippen molar-refractivity contribution in [3.8, 4) is 5.69 Å². The maximum atomic E-state index is 12.6. The van der Waals surface area contributed by atoms with Crippen molar-refractivity contribution >= 4 is 18.3 Å². The van der Waals surface area contributed by atoms with Crippen LogP contribution in [0.3, 0.4) is 0 Å². The number of piperidine rings is 1. The van der Waals surface area contributed by atoms with Gasteiger partial charge in [0.25, 0.3) is 5.91 Å². The van der Waals surface area contributed by atoms with Crippen molar-refractivity contribution in [2.45, 2.75) is 25.8 Å². The minimum absolute atomic E-state index is 0. The smallest absolute Gasteiger partial charge is 0.257 e. The van der Waals surface area contributed by atoms with E-state index in [9.17, 15) is 4.79 Å². The average Bonchev–Trinajstić information content (AvgIpc) is 3.05. The summed E-state index contributed by atoms with van der Waals surface area (Å²) in [6, 6.07) is 9.93. The first-order valence-electron chi connectivity index (χ1n) is 7.80. The third kappa shape index (κ3) is 3.92. The lowest BCUT2D eigenvalue weighted by molar-refractivity contribution is 0.0661. The van der Waals surface area contributed by atoms with Gasteiger partial charge in [-0.15, -0.1) is 12.4 Å². The molecule has 1 aromatic carbocycles. The van der Waals surface area contributed by atoms with Crippen molar-refractivity contribution in [1.82, 2.24) is 14.7 Å². The van der Waals surface area contributed by atoms with Crippen molar-refractivity contribution < 1.29 is 4.79 Å². The van der Waals surface area contributed by atoms with Crippen LogP contribution < -0.4 is 5.73 Å². The van der Waals surface area contributed by atoms with Gasteiger partial charge in [-0.2, -0.15) is 5.10 Å². The van der Waals surface area contributed by atoms with Gasteiger partial charge < -0.3 is 10.6 Å². The van der Waals surface area contributed by atoms with Gasteiger partial charge in [-0.3, -0.25) is 4.79 Å². The minimum Gasteiger partial charge on any atom is -0.338 e. The number of rotatable bonds is 3. The fourth-order valence-electron chi connectivity index (χ4n) is 2.96. The number of hydrogen-bond donors (Lipinski definition) is 1. The lowest BCUT2D eigenvalue weighted by Gasteiger charge is -2.34. The van der Waals surface area contributed by atoms with E-state index in [0.29, 0.717) is 11.5 Å². The highest BCUT2D eigenvalue weighted by Gasteiger charge is 2.27. The van der Waals surface area contributed by atoms with E-state index in [1.54, 1.807) is 17.1 Å². The highest BCUT2D eigenvalue weighted by Crippen LogP contribution is 2.20. The molecule has 2 heterocycles. The molecule has 5 nitrogen and oxygen atoms in total. The molecule has 0 aliphatic carbocycles. The Hall–Kier alpha value is -1.85. The summed E-state index contributed by atoms with van der Waals surface area (Å²) in [5.74, 6) is 0.439. The van der Waals surface area contributed by atoms with E-state index in [4.69, 9.17) is 5.73 Å². The molecule has 124 valence electrons. The minimum atomic E-state index is 0. The monoisotopic (exact) mass is 334 g/mol. The molecule has 1 aliphatic rings. The number of para-hydroxylation sites is 1. The number of likely N-dealkylation sites (tertiary alicyclic amines) is 1. The first-order chi connectivity index (χ1) is 10.6. The Morgan fingerprint density at radius 1 is 1.35 bits per heavy atom. The molecule has 0 radical (unpaired) electrons. The van der Waals surface area contributed by atoms with Crippen LogP contribution in [0.15, 0.2) is 42.7 Å². The summed E-state index contributed by atoms with van der Waals surface area (Å²) in [7, 11) is 0. The lowest BCUT2D eigenvalue weighted by atomic mass is 9.92. The van der Waals surface area contributed by atoms with E-state index in [1.807, 2.05) is 42.2 Å². The molecule has 23 heavy (non-hydrogen) atoms. The quantitative estimate of drug-likeness (QED) is 0.938. The predicted octanol–water partition coefficient (Wildman–Crippen LogP) is 2.49. The summed E-state index contributed by atoms with van der Waals surface area (Å²) in [6.07, 6.45) is 5.56. The molecule has 1 saturated heterocycles. The second-order valence-corrected chi connectivity index (χ2v) is 6.02. The van der Waals surface area contributed by atoms with Crippen LogP contribution in [0, 0.1) is 5.92 Å². The zero-order valence-corrected chi connectivity index (χ0v) is 14.1. The van der Waals surface area contributed by atoms with E-state index in [1.165, 1.54) is 0 Å². The third-order valence-corrected chi connectivity index (χ3v) is 4.34. The number of benzene rings is 1. The summed E-state index contributed by atoms with van der Waals surface area (Å²) >= 11 is 0. The van der Waals surface area contributed by atoms with Gasteiger partial charge in [0.05, 0.1) is 17.4 Å². The van der Waals surface area contributed by atoms with Crippen LogP contribution in [0.1, 0.15) is 30.1 Å². The van der Waals surface area contributed by atoms with Gasteiger partial charge in [0.2, 0.25) is 0 Å². The Morgan fingerprint density at radius 3 is 2.78 bits per heavy atom. The maximum Gasteiger partial charge on any atom is 0.257 e. The summed E-state index contributed by atoms with van der Waals surface area (Å²) in [4.78, 5) is 14.6. The zero-order chi connectivity index (χ0) is 15.5. The van der Waals surface area contributed by atoms with Gasteiger partial charge in [0.15, 0.2) is 0 Å². The third-order valence-electron chi connectivity index (χ3n) is 4.34. The fourth-order valence-corrected chi connectivity index (χ4v) is 2.96. The highest BCUT2D eigenvalue weighted by molar-refractivity contribution is 5.93. The molecule has 0 bridgehead atoms. The second kappa shape index (κ2) is 7.62. The maximum absolute atomic E-state index is 12.6. The number of aromatic nitrogens is 2. The number of carbonyl (C=O) groups is 1. The molecule has 3 rings (SSSR count). The molecule has 1 aliphatic heterocycles. The van der Waals surface area contributed by atoms with Crippen molar-refractivity contribution in [2.24, 2.45) is 11.7 Å². The topological polar surface area (TPSA) is 64.2 Å². The fraction of sp³-hybridized carbons (Fsp3) is 0.412. The molecule has 6 heteroatoms. The van der Waals surface area contributed by atoms with Crippen molar-refractivity contribution in [1.29, 1.82) is 0 Å². The number of carbonyl (C=O) groups excluding carboxylic acids is 1. The van der Waals surface area contributed by atoms with Crippen LogP contribution in [-0.2, 0) is 0 Å². The molecule has 2 aromatic rings. The lowest BCUT2D eigenvalue weighted by Crippen LogP contribution is -2.45. The molecule has 1 fully saturated rings. The highest BCUT2D eigenvalue weighted by atomic mass is 35.5. The largest absolute Gasteiger partial charge is 0.338 e. The van der Waals surface area contributed by atoms with Gasteiger partial charge in [0, 0.05) is 25.3 Å². The first-order valence-corrected chi connectivity index (χ1v) is 7.80. The summed E-state index contributed by atoms with van der Waals surface area (Å²) in [6.45, 7) is 3.57. The van der Waals surface area contributed by atoms with Gasteiger partial charge in [-0.05, 0) is 37.8 Å². The van der Waals surface area contributed by atoms with Gasteiger partial charge in [0.1, 0.15) is 0 Å². The van der Waals surface area contributed by atoms with Crippen molar-refractivity contribution in [2.75, 3.05) is 13.1 Å². The Morgan fingerprint density at radius 2 is 2.09 bits per heavy atom. The average molecular weight is 335 g/mol. The summed E-state index contributed by atoms with van der Waals surface area (Å²) < 4.78 is 1.74. The number of nitrogens with zero attached hydrogens (tertiary/aromatic N) is 3. The summed E-state index contributed by atoms with van der Waals surface area (Å²) in [5.41, 5.74) is 7.58. The second-order valence-electron chi connectivity index (χ2n) is 6.02. The van der Waals surface area contributed by atoms with E-state index in [-0.39, 0.29) is 24.4 Å². The Balaban J connectivity index is 0.00000192. The molecular weight excluding hydrogens is 312 g/mol. The van der Waals surface area contributed by atoms with Crippen molar-refractivity contribution in [3.63, 3.8) is 0 Å². The summed E-state index contributed by atoms with van der Waals surface area (Å²) in [5, 5.41) is 4.30. The van der Waals surface area contributed by atoms with Crippen LogP contribution in [0.25, 0.3) is 5.69 Å². The van der Waals surface area contributed by atoms with Crippen LogP contribution in [0.5, 0.6) is 0 Å². The Bertz CT molecular complexity index is 641. The van der Waals surface area contributed by atoms with Gasteiger partial charge in [-0.25, -0.2) is 4.68 Å². The SMILES string of the molecule is CC(N)C1CCCN(C(=O)c2cnn(-c3ccccc3)c2)C1.Cl. The zero-order valence-electron chi connectivity index (χ0n) is 13.3. The molecule has 0 spiro atoms. The van der Waals surface area contributed by atoms with E-state index in [2.05, 4.69) is 5.10 Å². The number of halogens is 1. The molecule has 1 amide bonds. The Kier molecular flexibility index (Phi) is 5.80. The molecule has 1 aromatic heterocycles. The number of hydrogen-bond acceptors (Lipinski definition) is 3. The van der Waals surface area contributed by atoms with E-state index >= 15 is 0 Å².